The Kier molecular flexibility index (Phi) is 9.11. The predicted molar refractivity (Wildman–Crippen MR) is 145 cm³/mol. The maximum atomic E-state index is 13.7. The molecule has 0 fully saturated rings. The van der Waals surface area contributed by atoms with E-state index in [1.54, 1.807) is 30.0 Å². The van der Waals surface area contributed by atoms with Gasteiger partial charge in [0, 0.05) is 44.4 Å². The first-order valence-corrected chi connectivity index (χ1v) is 14.7. The lowest BCUT2D eigenvalue weighted by atomic mass is 10.0. The Hall–Kier alpha value is -3.72. The van der Waals surface area contributed by atoms with E-state index in [9.17, 15) is 31.2 Å². The van der Waals surface area contributed by atoms with Gasteiger partial charge in [0.25, 0.3) is 11.8 Å². The summed E-state index contributed by atoms with van der Waals surface area (Å²) in [7, 11) is -1.79. The second kappa shape index (κ2) is 12.3. The fraction of sp³-hybridized carbons (Fsp3) is 0.481. The molecule has 2 aliphatic rings. The van der Waals surface area contributed by atoms with Gasteiger partial charge in [0.2, 0.25) is 16.8 Å². The summed E-state index contributed by atoms with van der Waals surface area (Å²) in [6.45, 7) is 4.03. The second-order valence-electron chi connectivity index (χ2n) is 10.3. The van der Waals surface area contributed by atoms with Crippen LogP contribution in [0.15, 0.2) is 36.4 Å². The number of anilines is 1. The molecule has 0 saturated carbocycles. The highest BCUT2D eigenvalue weighted by atomic mass is 32.2. The molecule has 0 radical (unpaired) electrons. The molecule has 15 heteroatoms. The van der Waals surface area contributed by atoms with E-state index in [1.807, 2.05) is 11.6 Å². The van der Waals surface area contributed by atoms with E-state index < -0.39 is 40.0 Å². The Morgan fingerprint density at radius 2 is 1.74 bits per heavy atom. The van der Waals surface area contributed by atoms with Crippen molar-refractivity contribution in [2.24, 2.45) is 5.92 Å². The molecule has 42 heavy (non-hydrogen) atoms. The number of sulfonamides is 1. The zero-order valence-corrected chi connectivity index (χ0v) is 24.3. The zero-order chi connectivity index (χ0) is 30.8. The molecule has 2 aromatic carbocycles. The van der Waals surface area contributed by atoms with Gasteiger partial charge in [-0.1, -0.05) is 6.92 Å². The molecule has 2 aromatic rings. The number of alkyl halides is 3. The minimum atomic E-state index is -4.95. The number of nitrogens with one attached hydrogen (secondary N) is 1. The van der Waals surface area contributed by atoms with Crippen LogP contribution in [0.4, 0.5) is 18.9 Å². The lowest BCUT2D eigenvalue weighted by molar-refractivity contribution is -0.106. The van der Waals surface area contributed by atoms with Crippen LogP contribution in [0.3, 0.4) is 0 Å². The Balaban J connectivity index is 1.66. The van der Waals surface area contributed by atoms with Crippen LogP contribution >= 0.6 is 0 Å². The van der Waals surface area contributed by atoms with E-state index in [4.69, 9.17) is 18.9 Å². The summed E-state index contributed by atoms with van der Waals surface area (Å²) in [5, 5.41) is 0. The highest BCUT2D eigenvalue weighted by molar-refractivity contribution is 7.92. The number of rotatable bonds is 5. The third kappa shape index (κ3) is 7.37. The molecule has 0 unspecified atom stereocenters. The summed E-state index contributed by atoms with van der Waals surface area (Å²) in [6.07, 6.45) is -5.46. The van der Waals surface area contributed by atoms with Crippen molar-refractivity contribution in [3.8, 4) is 17.2 Å². The third-order valence-electron chi connectivity index (χ3n) is 6.95. The molecule has 2 amide bonds. The van der Waals surface area contributed by atoms with E-state index in [0.717, 1.165) is 6.07 Å². The molecular weight excluding hydrogens is 583 g/mol. The third-order valence-corrected chi connectivity index (χ3v) is 8.21. The summed E-state index contributed by atoms with van der Waals surface area (Å²) >= 11 is 0. The van der Waals surface area contributed by atoms with Crippen LogP contribution in [0.2, 0.25) is 0 Å². The average Bonchev–Trinajstić information content (AvgIpc) is 3.38. The number of carbonyl (C=O) groups is 2. The van der Waals surface area contributed by atoms with Gasteiger partial charge in [-0.3, -0.25) is 14.3 Å². The number of hydrogen-bond acceptors (Lipinski definition) is 8. The highest BCUT2D eigenvalue weighted by Crippen LogP contribution is 2.33. The number of likely N-dealkylation sites (N-methyl/N-ethyl adjacent to an activating group) is 1. The van der Waals surface area contributed by atoms with Gasteiger partial charge in [0.05, 0.1) is 17.7 Å². The van der Waals surface area contributed by atoms with Crippen LogP contribution in [0.25, 0.3) is 0 Å². The maximum Gasteiger partial charge on any atom is 0.404 e. The van der Waals surface area contributed by atoms with Crippen LogP contribution in [0.5, 0.6) is 17.2 Å². The van der Waals surface area contributed by atoms with Gasteiger partial charge >= 0.3 is 6.18 Å². The van der Waals surface area contributed by atoms with Crippen LogP contribution < -0.4 is 18.9 Å². The first-order valence-electron chi connectivity index (χ1n) is 13.0. The number of hydrogen-bond donors (Lipinski definition) is 1. The number of halogens is 3. The number of benzene rings is 2. The van der Waals surface area contributed by atoms with Crippen LogP contribution in [-0.2, 0) is 14.8 Å². The molecule has 0 spiro atoms. The van der Waals surface area contributed by atoms with Crippen molar-refractivity contribution in [2.75, 3.05) is 51.1 Å². The Morgan fingerprint density at radius 3 is 2.43 bits per heavy atom. The van der Waals surface area contributed by atoms with Crippen molar-refractivity contribution in [1.29, 1.82) is 0 Å². The highest BCUT2D eigenvalue weighted by Gasteiger charge is 2.36. The van der Waals surface area contributed by atoms with E-state index in [0.29, 0.717) is 17.1 Å². The molecule has 3 atom stereocenters. The first-order chi connectivity index (χ1) is 19.7. The molecule has 0 saturated heterocycles. The predicted octanol–water partition coefficient (Wildman–Crippen LogP) is 3.37. The Bertz CT molecular complexity index is 1440. The van der Waals surface area contributed by atoms with E-state index >= 15 is 0 Å². The van der Waals surface area contributed by atoms with Gasteiger partial charge in [-0.05, 0) is 43.3 Å². The molecule has 11 nitrogen and oxygen atoms in total. The molecule has 2 aliphatic heterocycles. The van der Waals surface area contributed by atoms with Crippen LogP contribution in [0, 0.1) is 5.92 Å². The van der Waals surface area contributed by atoms with Crippen LogP contribution in [-0.4, -0.2) is 94.8 Å². The number of carbonyl (C=O) groups excluding carboxylic acids is 2. The standard InChI is InChI=1S/C27H32F3N3O8S/c1-16-11-33(25(34)18-5-7-22-23(9-18)41-15-40-22)17(2)13-39-21-8-6-19(31-42(36,37)14-27(28,29)30)10-20(21)26(35)32(3)12-24(16)38-4/h5-10,16-17,24,31H,11-15H2,1-4H3/t16-,17-,24+/m1/s1. The normalized spacial score (nSPS) is 21.6. The molecule has 0 bridgehead atoms. The summed E-state index contributed by atoms with van der Waals surface area (Å²) in [6, 6.07) is 8.02. The topological polar surface area (TPSA) is 124 Å². The smallest absolute Gasteiger partial charge is 0.404 e. The van der Waals surface area contributed by atoms with Crippen LogP contribution in [0.1, 0.15) is 34.6 Å². The van der Waals surface area contributed by atoms with Crippen molar-refractivity contribution >= 4 is 27.5 Å². The maximum absolute atomic E-state index is 13.7. The first kappa shape index (κ1) is 31.2. The van der Waals surface area contributed by atoms with Crippen molar-refractivity contribution in [3.63, 3.8) is 0 Å². The SMILES string of the molecule is CO[C@H]1CN(C)C(=O)c2cc(NS(=O)(=O)CC(F)(F)F)ccc2OC[C@@H](C)N(C(=O)c2ccc3c(c2)OCO3)C[C@H]1C. The van der Waals surface area contributed by atoms with Crippen molar-refractivity contribution in [2.45, 2.75) is 32.2 Å². The van der Waals surface area contributed by atoms with Gasteiger partial charge in [-0.2, -0.15) is 13.2 Å². The number of methoxy groups -OCH3 is 1. The summed E-state index contributed by atoms with van der Waals surface area (Å²) in [4.78, 5) is 30.2. The van der Waals surface area contributed by atoms with Crippen molar-refractivity contribution in [1.82, 2.24) is 9.80 Å². The van der Waals surface area contributed by atoms with E-state index in [2.05, 4.69) is 0 Å². The van der Waals surface area contributed by atoms with Crippen molar-refractivity contribution < 1.29 is 50.1 Å². The lowest BCUT2D eigenvalue weighted by Crippen LogP contribution is -2.48. The number of ether oxygens (including phenoxy) is 4. The summed E-state index contributed by atoms with van der Waals surface area (Å²) in [5.74, 6) is -2.12. The van der Waals surface area contributed by atoms with E-state index in [1.165, 1.54) is 31.2 Å². The zero-order valence-electron chi connectivity index (χ0n) is 23.4. The largest absolute Gasteiger partial charge is 0.491 e. The van der Waals surface area contributed by atoms with Gasteiger partial charge < -0.3 is 28.7 Å². The monoisotopic (exact) mass is 615 g/mol. The molecule has 230 valence electrons. The van der Waals surface area contributed by atoms with Gasteiger partial charge in [0.15, 0.2) is 17.3 Å². The lowest BCUT2D eigenvalue weighted by Gasteiger charge is -2.36. The Labute approximate surface area is 241 Å². The molecule has 2 heterocycles. The van der Waals surface area contributed by atoms with Crippen molar-refractivity contribution in [3.05, 3.63) is 47.5 Å². The fourth-order valence-corrected chi connectivity index (χ4v) is 5.74. The summed E-state index contributed by atoms with van der Waals surface area (Å²) in [5.41, 5.74) is 0.0660. The van der Waals surface area contributed by atoms with Gasteiger partial charge in [-0.25, -0.2) is 8.42 Å². The molecule has 1 N–H and O–H groups in total. The van der Waals surface area contributed by atoms with Gasteiger partial charge in [-0.15, -0.1) is 0 Å². The number of amides is 2. The fourth-order valence-electron chi connectivity index (χ4n) is 4.75. The molecule has 0 aromatic heterocycles. The minimum Gasteiger partial charge on any atom is -0.491 e. The number of fused-ring (bicyclic) bond motifs is 2. The average molecular weight is 616 g/mol. The molecular formula is C27H32F3N3O8S. The summed E-state index contributed by atoms with van der Waals surface area (Å²) < 4.78 is 86.6. The van der Waals surface area contributed by atoms with E-state index in [-0.39, 0.29) is 55.3 Å². The van der Waals surface area contributed by atoms with Gasteiger partial charge in [0.1, 0.15) is 12.4 Å². The minimum absolute atomic E-state index is 0.0518. The quantitative estimate of drug-likeness (QED) is 0.543. The second-order valence-corrected chi connectivity index (χ2v) is 12.0. The molecule has 0 aliphatic carbocycles. The Morgan fingerprint density at radius 1 is 1.05 bits per heavy atom. The molecule has 4 rings (SSSR count). The number of nitrogens with zero attached hydrogens (tertiary/aromatic N) is 2.